The average Bonchev–Trinajstić information content (AvgIpc) is 2.37. The van der Waals surface area contributed by atoms with Crippen molar-refractivity contribution in [1.82, 2.24) is 4.31 Å². The van der Waals surface area contributed by atoms with E-state index in [4.69, 9.17) is 15.2 Å². The van der Waals surface area contributed by atoms with E-state index in [1.165, 1.54) is 17.5 Å². The number of hydrogen-bond acceptors (Lipinski definition) is 5. The molecule has 1 aromatic carbocycles. The van der Waals surface area contributed by atoms with Crippen LogP contribution in [-0.2, 0) is 14.8 Å². The van der Waals surface area contributed by atoms with Crippen LogP contribution in [0.5, 0.6) is 5.75 Å². The van der Waals surface area contributed by atoms with Crippen molar-refractivity contribution in [2.75, 3.05) is 32.5 Å². The quantitative estimate of drug-likeness (QED) is 0.847. The van der Waals surface area contributed by atoms with Gasteiger partial charge in [-0.1, -0.05) is 0 Å². The van der Waals surface area contributed by atoms with Crippen molar-refractivity contribution in [3.8, 4) is 5.75 Å². The summed E-state index contributed by atoms with van der Waals surface area (Å²) in [6.45, 7) is 4.32. The maximum Gasteiger partial charge on any atom is 0.243 e. The summed E-state index contributed by atoms with van der Waals surface area (Å²) in [5.74, 6) is -0.958. The molecular formula is C13H19FN2O4S. The third-order valence-electron chi connectivity index (χ3n) is 3.28. The normalized spacial score (nSPS) is 19.4. The second kappa shape index (κ2) is 5.43. The molecule has 1 aromatic rings. The second-order valence-corrected chi connectivity index (χ2v) is 7.41. The first-order chi connectivity index (χ1) is 9.67. The van der Waals surface area contributed by atoms with Crippen molar-refractivity contribution in [1.29, 1.82) is 0 Å². The van der Waals surface area contributed by atoms with Crippen LogP contribution in [0.3, 0.4) is 0 Å². The number of methoxy groups -OCH3 is 1. The molecule has 21 heavy (non-hydrogen) atoms. The Bertz CT molecular complexity index is 623. The Morgan fingerprint density at radius 2 is 2.10 bits per heavy atom. The van der Waals surface area contributed by atoms with Crippen molar-refractivity contribution >= 4 is 15.7 Å². The fourth-order valence-electron chi connectivity index (χ4n) is 2.28. The molecule has 1 heterocycles. The molecule has 2 N–H and O–H groups in total. The van der Waals surface area contributed by atoms with E-state index in [2.05, 4.69) is 0 Å². The maximum absolute atomic E-state index is 13.8. The summed E-state index contributed by atoms with van der Waals surface area (Å²) in [6, 6.07) is 2.13. The molecule has 0 unspecified atom stereocenters. The minimum absolute atomic E-state index is 0.0522. The largest absolute Gasteiger partial charge is 0.492 e. The van der Waals surface area contributed by atoms with Crippen LogP contribution in [0, 0.1) is 5.82 Å². The molecule has 0 aliphatic carbocycles. The van der Waals surface area contributed by atoms with Crippen LogP contribution in [0.2, 0.25) is 0 Å². The van der Waals surface area contributed by atoms with Gasteiger partial charge in [0.15, 0.2) is 11.6 Å². The van der Waals surface area contributed by atoms with E-state index in [-0.39, 0.29) is 29.4 Å². The van der Waals surface area contributed by atoms with Gasteiger partial charge in [0, 0.05) is 13.1 Å². The summed E-state index contributed by atoms with van der Waals surface area (Å²) in [5.41, 5.74) is 5.01. The molecule has 1 aliphatic rings. The van der Waals surface area contributed by atoms with E-state index < -0.39 is 21.4 Å². The van der Waals surface area contributed by atoms with Crippen LogP contribution in [0.4, 0.5) is 10.1 Å². The van der Waals surface area contributed by atoms with Crippen LogP contribution in [0.1, 0.15) is 13.8 Å². The number of anilines is 1. The van der Waals surface area contributed by atoms with E-state index in [1.807, 2.05) is 0 Å². The number of halogens is 1. The van der Waals surface area contributed by atoms with Crippen molar-refractivity contribution in [2.45, 2.75) is 24.3 Å². The highest BCUT2D eigenvalue weighted by atomic mass is 32.2. The predicted octanol–water partition coefficient (Wildman–Crippen LogP) is 1.22. The molecule has 0 atom stereocenters. The van der Waals surface area contributed by atoms with Crippen LogP contribution in [0.15, 0.2) is 17.0 Å². The summed E-state index contributed by atoms with van der Waals surface area (Å²) >= 11 is 0. The lowest BCUT2D eigenvalue weighted by atomic mass is 10.1. The topological polar surface area (TPSA) is 81.9 Å². The van der Waals surface area contributed by atoms with E-state index in [9.17, 15) is 12.8 Å². The van der Waals surface area contributed by atoms with E-state index in [0.717, 1.165) is 6.07 Å². The molecule has 0 aromatic heterocycles. The molecule has 118 valence electrons. The van der Waals surface area contributed by atoms with Gasteiger partial charge < -0.3 is 15.2 Å². The highest BCUT2D eigenvalue weighted by Gasteiger charge is 2.35. The average molecular weight is 318 g/mol. The fourth-order valence-corrected chi connectivity index (χ4v) is 3.90. The Morgan fingerprint density at radius 1 is 1.43 bits per heavy atom. The highest BCUT2D eigenvalue weighted by Crippen LogP contribution is 2.31. The smallest absolute Gasteiger partial charge is 0.243 e. The van der Waals surface area contributed by atoms with Gasteiger partial charge in [-0.15, -0.1) is 0 Å². The number of nitrogens with zero attached hydrogens (tertiary/aromatic N) is 1. The molecule has 0 amide bonds. The van der Waals surface area contributed by atoms with Gasteiger partial charge in [-0.25, -0.2) is 12.8 Å². The van der Waals surface area contributed by atoms with Crippen molar-refractivity contribution in [3.05, 3.63) is 17.9 Å². The number of ether oxygens (including phenoxy) is 2. The Hall–Kier alpha value is -1.38. The lowest BCUT2D eigenvalue weighted by molar-refractivity contribution is -0.0640. The lowest BCUT2D eigenvalue weighted by Crippen LogP contribution is -2.50. The predicted molar refractivity (Wildman–Crippen MR) is 76.2 cm³/mol. The molecule has 0 radical (unpaired) electrons. The van der Waals surface area contributed by atoms with Gasteiger partial charge in [0.05, 0.1) is 29.9 Å². The van der Waals surface area contributed by atoms with E-state index >= 15 is 0 Å². The van der Waals surface area contributed by atoms with Crippen molar-refractivity contribution in [2.24, 2.45) is 0 Å². The summed E-state index contributed by atoms with van der Waals surface area (Å²) in [4.78, 5) is -0.184. The molecule has 0 saturated carbocycles. The molecule has 0 spiro atoms. The first-order valence-corrected chi connectivity index (χ1v) is 7.88. The van der Waals surface area contributed by atoms with Gasteiger partial charge in [0.25, 0.3) is 0 Å². The molecule has 1 fully saturated rings. The maximum atomic E-state index is 13.8. The van der Waals surface area contributed by atoms with Gasteiger partial charge in [0.1, 0.15) is 0 Å². The summed E-state index contributed by atoms with van der Waals surface area (Å²) < 4.78 is 50.6. The molecular weight excluding hydrogens is 299 g/mol. The molecule has 2 rings (SSSR count). The Morgan fingerprint density at radius 3 is 2.62 bits per heavy atom. The molecule has 0 bridgehead atoms. The molecule has 8 heteroatoms. The van der Waals surface area contributed by atoms with Gasteiger partial charge in [0.2, 0.25) is 10.0 Å². The second-order valence-electron chi connectivity index (χ2n) is 5.47. The van der Waals surface area contributed by atoms with Gasteiger partial charge in [-0.05, 0) is 26.0 Å². The summed E-state index contributed by atoms with van der Waals surface area (Å²) in [6.07, 6.45) is 0. The third kappa shape index (κ3) is 3.12. The lowest BCUT2D eigenvalue weighted by Gasteiger charge is -2.37. The zero-order valence-corrected chi connectivity index (χ0v) is 13.0. The third-order valence-corrected chi connectivity index (χ3v) is 5.10. The monoisotopic (exact) mass is 318 g/mol. The van der Waals surface area contributed by atoms with E-state index in [1.54, 1.807) is 13.8 Å². The Kier molecular flexibility index (Phi) is 4.14. The first kappa shape index (κ1) is 16.0. The Balaban J connectivity index is 2.40. The number of hydrogen-bond donors (Lipinski definition) is 1. The number of sulfonamides is 1. The minimum Gasteiger partial charge on any atom is -0.492 e. The number of rotatable bonds is 3. The molecule has 1 aliphatic heterocycles. The fraction of sp³-hybridized carbons (Fsp3) is 0.538. The van der Waals surface area contributed by atoms with Crippen LogP contribution in [-0.4, -0.2) is 45.1 Å². The molecule has 1 saturated heterocycles. The first-order valence-electron chi connectivity index (χ1n) is 6.44. The SMILES string of the molecule is COc1c(N)cc(S(=O)(=O)N2CCOC(C)(C)C2)cc1F. The summed E-state index contributed by atoms with van der Waals surface area (Å²) in [7, 11) is -2.55. The van der Waals surface area contributed by atoms with Crippen LogP contribution >= 0.6 is 0 Å². The van der Waals surface area contributed by atoms with E-state index in [0.29, 0.717) is 6.61 Å². The zero-order chi connectivity index (χ0) is 15.8. The van der Waals surface area contributed by atoms with Crippen molar-refractivity contribution in [3.63, 3.8) is 0 Å². The number of nitrogen functional groups attached to an aromatic ring is 1. The standard InChI is InChI=1S/C13H19FN2O4S/c1-13(2)8-16(4-5-20-13)21(17,18)9-6-10(14)12(19-3)11(15)7-9/h6-7H,4-5,8,15H2,1-3H3. The number of morpholine rings is 1. The summed E-state index contributed by atoms with van der Waals surface area (Å²) in [5, 5.41) is 0. The highest BCUT2D eigenvalue weighted by molar-refractivity contribution is 7.89. The number of benzene rings is 1. The van der Waals surface area contributed by atoms with Gasteiger partial charge in [-0.2, -0.15) is 4.31 Å². The zero-order valence-electron chi connectivity index (χ0n) is 12.2. The van der Waals surface area contributed by atoms with Gasteiger partial charge >= 0.3 is 0 Å². The Labute approximate surface area is 123 Å². The molecule has 6 nitrogen and oxygen atoms in total. The van der Waals surface area contributed by atoms with Crippen LogP contribution < -0.4 is 10.5 Å². The van der Waals surface area contributed by atoms with Crippen molar-refractivity contribution < 1.29 is 22.3 Å². The minimum atomic E-state index is -3.83. The number of nitrogens with two attached hydrogens (primary N) is 1. The van der Waals surface area contributed by atoms with Gasteiger partial charge in [-0.3, -0.25) is 0 Å². The van der Waals surface area contributed by atoms with Crippen LogP contribution in [0.25, 0.3) is 0 Å².